The molecule has 0 aliphatic rings. The molecule has 7 heteroatoms. The zero-order valence-corrected chi connectivity index (χ0v) is 14.5. The van der Waals surface area contributed by atoms with E-state index in [1.54, 1.807) is 6.92 Å². The van der Waals surface area contributed by atoms with E-state index in [1.165, 1.54) is 12.1 Å². The SMILES string of the molecule is Cc1[nH]c2ccccc2c1C(=O)COC(=O)CNC(=O)c1ccc(F)cc1. The molecule has 0 atom stereocenters. The van der Waals surface area contributed by atoms with Gasteiger partial charge in [-0.2, -0.15) is 0 Å². The van der Waals surface area contributed by atoms with E-state index in [2.05, 4.69) is 10.3 Å². The van der Waals surface area contributed by atoms with Gasteiger partial charge in [0, 0.05) is 27.7 Å². The molecular formula is C20H17FN2O4. The zero-order valence-electron chi connectivity index (χ0n) is 14.5. The first-order valence-electron chi connectivity index (χ1n) is 8.25. The fourth-order valence-electron chi connectivity index (χ4n) is 2.76. The van der Waals surface area contributed by atoms with E-state index in [0.29, 0.717) is 11.3 Å². The highest BCUT2D eigenvalue weighted by molar-refractivity contribution is 6.10. The number of halogens is 1. The molecule has 0 aliphatic heterocycles. The Bertz CT molecular complexity index is 1010. The van der Waals surface area contributed by atoms with Crippen molar-refractivity contribution >= 4 is 28.6 Å². The third kappa shape index (κ3) is 4.20. The second-order valence-electron chi connectivity index (χ2n) is 5.94. The number of hydrogen-bond acceptors (Lipinski definition) is 4. The standard InChI is InChI=1S/C20H17FN2O4/c1-12-19(15-4-2-3-5-16(15)23-12)17(24)11-27-18(25)10-22-20(26)13-6-8-14(21)9-7-13/h2-9,23H,10-11H2,1H3,(H,22,26). The molecule has 3 aromatic rings. The molecule has 1 heterocycles. The highest BCUT2D eigenvalue weighted by Crippen LogP contribution is 2.22. The number of aryl methyl sites for hydroxylation is 1. The van der Waals surface area contributed by atoms with Crippen LogP contribution in [0.15, 0.2) is 48.5 Å². The fourth-order valence-corrected chi connectivity index (χ4v) is 2.76. The van der Waals surface area contributed by atoms with Gasteiger partial charge in [-0.3, -0.25) is 14.4 Å². The van der Waals surface area contributed by atoms with Gasteiger partial charge in [0.25, 0.3) is 5.91 Å². The molecule has 6 nitrogen and oxygen atoms in total. The maximum atomic E-state index is 12.8. The van der Waals surface area contributed by atoms with E-state index in [9.17, 15) is 18.8 Å². The number of nitrogens with one attached hydrogen (secondary N) is 2. The second-order valence-corrected chi connectivity index (χ2v) is 5.94. The first kappa shape index (κ1) is 18.3. The molecule has 0 unspecified atom stereocenters. The maximum Gasteiger partial charge on any atom is 0.325 e. The summed E-state index contributed by atoms with van der Waals surface area (Å²) >= 11 is 0. The number of para-hydroxylation sites is 1. The van der Waals surface area contributed by atoms with E-state index in [1.807, 2.05) is 24.3 Å². The van der Waals surface area contributed by atoms with E-state index in [-0.39, 0.29) is 11.3 Å². The van der Waals surface area contributed by atoms with Crippen LogP contribution in [0.5, 0.6) is 0 Å². The topological polar surface area (TPSA) is 88.3 Å². The van der Waals surface area contributed by atoms with Crippen LogP contribution in [0.2, 0.25) is 0 Å². The maximum absolute atomic E-state index is 12.8. The molecule has 0 saturated carbocycles. The molecule has 0 spiro atoms. The number of H-pyrrole nitrogens is 1. The number of amides is 1. The number of aromatic nitrogens is 1. The summed E-state index contributed by atoms with van der Waals surface area (Å²) in [4.78, 5) is 39.2. The van der Waals surface area contributed by atoms with Crippen molar-refractivity contribution in [2.24, 2.45) is 0 Å². The Morgan fingerprint density at radius 2 is 1.78 bits per heavy atom. The number of carbonyl (C=O) groups is 3. The molecule has 0 saturated heterocycles. The van der Waals surface area contributed by atoms with Crippen molar-refractivity contribution in [1.82, 2.24) is 10.3 Å². The average molecular weight is 368 g/mol. The molecule has 0 bridgehead atoms. The number of hydrogen-bond donors (Lipinski definition) is 2. The number of ether oxygens (including phenoxy) is 1. The molecule has 1 aromatic heterocycles. The van der Waals surface area contributed by atoms with Gasteiger partial charge in [0.05, 0.1) is 0 Å². The highest BCUT2D eigenvalue weighted by atomic mass is 19.1. The first-order chi connectivity index (χ1) is 13.0. The van der Waals surface area contributed by atoms with Crippen LogP contribution in [0.3, 0.4) is 0 Å². The number of Topliss-reactive ketones (excluding diaryl/α,β-unsaturated/α-hetero) is 1. The monoisotopic (exact) mass is 368 g/mol. The molecule has 2 N–H and O–H groups in total. The van der Waals surface area contributed by atoms with Crippen molar-refractivity contribution < 1.29 is 23.5 Å². The van der Waals surface area contributed by atoms with Gasteiger partial charge in [0.1, 0.15) is 12.4 Å². The average Bonchev–Trinajstić information content (AvgIpc) is 3.00. The Morgan fingerprint density at radius 1 is 1.07 bits per heavy atom. The largest absolute Gasteiger partial charge is 0.456 e. The van der Waals surface area contributed by atoms with Gasteiger partial charge in [-0.05, 0) is 37.3 Å². The Kier molecular flexibility index (Phi) is 5.30. The third-order valence-electron chi connectivity index (χ3n) is 4.04. The van der Waals surface area contributed by atoms with Gasteiger partial charge in [0.15, 0.2) is 6.61 Å². The normalized spacial score (nSPS) is 10.6. The minimum Gasteiger partial charge on any atom is -0.456 e. The van der Waals surface area contributed by atoms with Crippen molar-refractivity contribution in [3.8, 4) is 0 Å². The van der Waals surface area contributed by atoms with E-state index in [4.69, 9.17) is 4.74 Å². The lowest BCUT2D eigenvalue weighted by molar-refractivity contribution is -0.141. The van der Waals surface area contributed by atoms with Crippen LogP contribution < -0.4 is 5.32 Å². The van der Waals surface area contributed by atoms with E-state index in [0.717, 1.165) is 23.0 Å². The van der Waals surface area contributed by atoms with Crippen LogP contribution in [0, 0.1) is 12.7 Å². The third-order valence-corrected chi connectivity index (χ3v) is 4.04. The number of aromatic amines is 1. The van der Waals surface area contributed by atoms with Gasteiger partial charge >= 0.3 is 5.97 Å². The lowest BCUT2D eigenvalue weighted by atomic mass is 10.1. The van der Waals surface area contributed by atoms with Crippen molar-refractivity contribution in [1.29, 1.82) is 0 Å². The summed E-state index contributed by atoms with van der Waals surface area (Å²) in [6.07, 6.45) is 0. The molecule has 1 amide bonds. The molecule has 3 rings (SSSR count). The molecule has 2 aromatic carbocycles. The summed E-state index contributed by atoms with van der Waals surface area (Å²) in [6.45, 7) is 0.961. The van der Waals surface area contributed by atoms with Gasteiger partial charge in [0.2, 0.25) is 5.78 Å². The van der Waals surface area contributed by atoms with Crippen LogP contribution >= 0.6 is 0 Å². The highest BCUT2D eigenvalue weighted by Gasteiger charge is 2.17. The lowest BCUT2D eigenvalue weighted by Gasteiger charge is -2.06. The summed E-state index contributed by atoms with van der Waals surface area (Å²) in [5.74, 6) is -2.07. The summed E-state index contributed by atoms with van der Waals surface area (Å²) < 4.78 is 17.8. The van der Waals surface area contributed by atoms with Crippen LogP contribution in [0.4, 0.5) is 4.39 Å². The van der Waals surface area contributed by atoms with Crippen LogP contribution in [0.1, 0.15) is 26.4 Å². The van der Waals surface area contributed by atoms with Gasteiger partial charge in [-0.15, -0.1) is 0 Å². The quantitative estimate of drug-likeness (QED) is 0.517. The Balaban J connectivity index is 1.54. The molecular weight excluding hydrogens is 351 g/mol. The van der Waals surface area contributed by atoms with Crippen molar-refractivity contribution in [2.45, 2.75) is 6.92 Å². The minimum absolute atomic E-state index is 0.217. The number of rotatable bonds is 6. The van der Waals surface area contributed by atoms with Gasteiger partial charge in [-0.25, -0.2) is 4.39 Å². The first-order valence-corrected chi connectivity index (χ1v) is 8.25. The minimum atomic E-state index is -0.740. The molecule has 0 fully saturated rings. The van der Waals surface area contributed by atoms with Crippen molar-refractivity contribution in [3.05, 3.63) is 71.2 Å². The van der Waals surface area contributed by atoms with Gasteiger partial charge < -0.3 is 15.0 Å². The molecule has 0 radical (unpaired) electrons. The predicted octanol–water partition coefficient (Wildman–Crippen LogP) is 2.77. The summed E-state index contributed by atoms with van der Waals surface area (Å²) in [7, 11) is 0. The van der Waals surface area contributed by atoms with Crippen LogP contribution in [-0.2, 0) is 9.53 Å². The van der Waals surface area contributed by atoms with Crippen molar-refractivity contribution in [3.63, 3.8) is 0 Å². The molecule has 0 aliphatic carbocycles. The van der Waals surface area contributed by atoms with E-state index < -0.39 is 30.8 Å². The molecule has 27 heavy (non-hydrogen) atoms. The summed E-state index contributed by atoms with van der Waals surface area (Å²) in [5.41, 5.74) is 2.22. The molecule has 138 valence electrons. The fraction of sp³-hybridized carbons (Fsp3) is 0.150. The predicted molar refractivity (Wildman–Crippen MR) is 97.1 cm³/mol. The number of esters is 1. The summed E-state index contributed by atoms with van der Waals surface area (Å²) in [5, 5.41) is 3.13. The number of ketones is 1. The Hall–Kier alpha value is -3.48. The van der Waals surface area contributed by atoms with E-state index >= 15 is 0 Å². The lowest BCUT2D eigenvalue weighted by Crippen LogP contribution is -2.31. The number of fused-ring (bicyclic) bond motifs is 1. The summed E-state index contributed by atoms with van der Waals surface area (Å²) in [6, 6.07) is 12.3. The Morgan fingerprint density at radius 3 is 2.52 bits per heavy atom. The van der Waals surface area contributed by atoms with Crippen molar-refractivity contribution in [2.75, 3.05) is 13.2 Å². The van der Waals surface area contributed by atoms with Crippen LogP contribution in [0.25, 0.3) is 10.9 Å². The van der Waals surface area contributed by atoms with Crippen LogP contribution in [-0.4, -0.2) is 35.8 Å². The number of benzene rings is 2. The Labute approximate surface area is 154 Å². The van der Waals surface area contributed by atoms with Gasteiger partial charge in [-0.1, -0.05) is 18.2 Å². The smallest absolute Gasteiger partial charge is 0.325 e. The second kappa shape index (κ2) is 7.82. The zero-order chi connectivity index (χ0) is 19.4. The number of carbonyl (C=O) groups excluding carboxylic acids is 3.